The van der Waals surface area contributed by atoms with Gasteiger partial charge >= 0.3 is 5.97 Å². The van der Waals surface area contributed by atoms with Crippen LogP contribution in [-0.2, 0) is 9.59 Å². The molecule has 1 fully saturated rings. The average molecular weight is 553 g/mol. The minimum atomic E-state index is -1.31. The Kier molecular flexibility index (Phi) is 7.85. The summed E-state index contributed by atoms with van der Waals surface area (Å²) in [5, 5.41) is 22.2. The van der Waals surface area contributed by atoms with Crippen LogP contribution < -0.4 is 20.4 Å². The summed E-state index contributed by atoms with van der Waals surface area (Å²) < 4.78 is 6.61. The number of aryl methyl sites for hydroxylation is 1. The molecule has 39 heavy (non-hydrogen) atoms. The molecule has 4 aromatic heterocycles. The van der Waals surface area contributed by atoms with Gasteiger partial charge in [-0.25, -0.2) is 14.8 Å². The zero-order chi connectivity index (χ0) is 28.3. The molecule has 0 radical (unpaired) electrons. The monoisotopic (exact) mass is 552 g/mol. The fraction of sp³-hybridized carbons (Fsp3) is 0.240. The van der Waals surface area contributed by atoms with Crippen molar-refractivity contribution < 1.29 is 29.3 Å². The Hall–Kier alpha value is -4.85. The maximum Gasteiger partial charge on any atom is 0.341 e. The van der Waals surface area contributed by atoms with Gasteiger partial charge in [-0.3, -0.25) is 19.0 Å². The number of hydrogen-bond acceptors (Lipinski definition) is 10. The fourth-order valence-corrected chi connectivity index (χ4v) is 4.55. The van der Waals surface area contributed by atoms with Gasteiger partial charge in [0, 0.05) is 43.9 Å². The summed E-state index contributed by atoms with van der Waals surface area (Å²) in [6.07, 6.45) is 2.85. The van der Waals surface area contributed by atoms with E-state index in [2.05, 4.69) is 20.3 Å². The first kappa shape index (κ1) is 27.2. The summed E-state index contributed by atoms with van der Waals surface area (Å²) in [6.45, 7) is 3.69. The van der Waals surface area contributed by atoms with Crippen LogP contribution in [0.1, 0.15) is 22.8 Å². The van der Waals surface area contributed by atoms with Crippen molar-refractivity contribution in [3.05, 3.63) is 63.4 Å². The first-order valence-corrected chi connectivity index (χ1v) is 12.4. The summed E-state index contributed by atoms with van der Waals surface area (Å²) in [7, 11) is 1.51. The van der Waals surface area contributed by atoms with Gasteiger partial charge in [-0.15, -0.1) is 11.3 Å². The van der Waals surface area contributed by atoms with Crippen LogP contribution in [0.4, 0.5) is 11.6 Å². The molecule has 4 aromatic rings. The van der Waals surface area contributed by atoms with E-state index >= 15 is 0 Å². The molecule has 1 amide bonds. The number of anilines is 2. The molecule has 13 nitrogen and oxygen atoms in total. The topological polar surface area (TPSA) is 177 Å². The van der Waals surface area contributed by atoms with Crippen LogP contribution in [0.25, 0.3) is 16.2 Å². The summed E-state index contributed by atoms with van der Waals surface area (Å²) >= 11 is 1.30. The number of carboxylic acids is 2. The molecule has 0 atom stereocenters. The van der Waals surface area contributed by atoms with Crippen molar-refractivity contribution in [2.24, 2.45) is 5.92 Å². The normalized spacial score (nSPS) is 12.7. The van der Waals surface area contributed by atoms with Gasteiger partial charge in [0.15, 0.2) is 10.8 Å². The number of carbonyl (C=O) groups excluding carboxylic acids is 1. The van der Waals surface area contributed by atoms with Crippen LogP contribution in [0.5, 0.6) is 5.88 Å². The van der Waals surface area contributed by atoms with Gasteiger partial charge in [0.05, 0.1) is 18.4 Å². The summed E-state index contributed by atoms with van der Waals surface area (Å²) in [5.74, 6) is -1.17. The molecular formula is C25H24N6O7S. The molecule has 14 heteroatoms. The number of pyridine rings is 3. The van der Waals surface area contributed by atoms with Gasteiger partial charge in [0.25, 0.3) is 5.97 Å². The highest BCUT2D eigenvalue weighted by Crippen LogP contribution is 2.29. The van der Waals surface area contributed by atoms with Gasteiger partial charge in [-0.1, -0.05) is 6.07 Å². The number of aromatic nitrogens is 4. The van der Waals surface area contributed by atoms with Crippen LogP contribution in [-0.4, -0.2) is 67.8 Å². The second kappa shape index (κ2) is 11.3. The van der Waals surface area contributed by atoms with Crippen LogP contribution in [0.3, 0.4) is 0 Å². The SMILES string of the molecule is CC(=O)O.COc1cccc(NC(=O)C2CN(c3cc(C)c4c(=O)c(C(=O)O)cn(-c5nccs5)c4n3)C2)n1. The van der Waals surface area contributed by atoms with Crippen LogP contribution in [0.15, 0.2) is 46.8 Å². The number of rotatable bonds is 6. The first-order chi connectivity index (χ1) is 18.6. The highest BCUT2D eigenvalue weighted by Gasteiger charge is 2.34. The number of nitrogens with one attached hydrogen (secondary N) is 1. The van der Waals surface area contributed by atoms with Gasteiger partial charge < -0.3 is 25.2 Å². The Labute approximate surface area is 225 Å². The lowest BCUT2D eigenvalue weighted by atomic mass is 9.98. The van der Waals surface area contributed by atoms with E-state index in [1.54, 1.807) is 42.8 Å². The highest BCUT2D eigenvalue weighted by atomic mass is 32.1. The molecule has 1 saturated heterocycles. The summed E-state index contributed by atoms with van der Waals surface area (Å²) in [5.41, 5.74) is -0.0315. The lowest BCUT2D eigenvalue weighted by Crippen LogP contribution is -2.52. The number of hydrogen-bond donors (Lipinski definition) is 3. The molecule has 5 heterocycles. The van der Waals surface area contributed by atoms with E-state index in [0.717, 1.165) is 6.92 Å². The molecule has 0 spiro atoms. The first-order valence-electron chi connectivity index (χ1n) is 11.6. The Morgan fingerprint density at radius 2 is 1.90 bits per heavy atom. The second-order valence-electron chi connectivity index (χ2n) is 8.53. The van der Waals surface area contributed by atoms with Crippen molar-refractivity contribution >= 4 is 51.9 Å². The third kappa shape index (κ3) is 5.85. The fourth-order valence-electron chi connectivity index (χ4n) is 3.93. The third-order valence-corrected chi connectivity index (χ3v) is 6.53. The molecule has 0 aromatic carbocycles. The summed E-state index contributed by atoms with van der Waals surface area (Å²) in [4.78, 5) is 61.3. The summed E-state index contributed by atoms with van der Waals surface area (Å²) in [6, 6.07) is 6.86. The highest BCUT2D eigenvalue weighted by molar-refractivity contribution is 7.12. The molecule has 202 valence electrons. The van der Waals surface area contributed by atoms with Crippen LogP contribution >= 0.6 is 11.3 Å². The molecule has 3 N–H and O–H groups in total. The van der Waals surface area contributed by atoms with E-state index in [-0.39, 0.29) is 22.8 Å². The molecule has 0 saturated carbocycles. The van der Waals surface area contributed by atoms with Gasteiger partial charge in [0.2, 0.25) is 17.2 Å². The number of carboxylic acid groups (broad SMARTS) is 2. The number of thiazole rings is 1. The Balaban J connectivity index is 0.000000826. The molecule has 0 unspecified atom stereocenters. The number of fused-ring (bicyclic) bond motifs is 1. The molecule has 0 bridgehead atoms. The van der Waals surface area contributed by atoms with E-state index in [4.69, 9.17) is 14.6 Å². The maximum absolute atomic E-state index is 12.9. The third-order valence-electron chi connectivity index (χ3n) is 5.76. The maximum atomic E-state index is 12.9. The van der Waals surface area contributed by atoms with Crippen molar-refractivity contribution in [1.29, 1.82) is 0 Å². The number of carbonyl (C=O) groups is 3. The number of aromatic carboxylic acids is 1. The molecule has 1 aliphatic rings. The number of ether oxygens (including phenoxy) is 1. The van der Waals surface area contributed by atoms with Crippen LogP contribution in [0, 0.1) is 12.8 Å². The lowest BCUT2D eigenvalue weighted by molar-refractivity contribution is -0.134. The number of amides is 1. The van der Waals surface area contributed by atoms with E-state index < -0.39 is 17.4 Å². The smallest absolute Gasteiger partial charge is 0.341 e. The van der Waals surface area contributed by atoms with Crippen molar-refractivity contribution in [2.75, 3.05) is 30.4 Å². The quantitative estimate of drug-likeness (QED) is 0.320. The minimum Gasteiger partial charge on any atom is -0.481 e. The largest absolute Gasteiger partial charge is 0.481 e. The molecule has 0 aliphatic carbocycles. The van der Waals surface area contributed by atoms with Crippen molar-refractivity contribution in [3.8, 4) is 11.0 Å². The average Bonchev–Trinajstić information content (AvgIpc) is 3.37. The Morgan fingerprint density at radius 1 is 1.18 bits per heavy atom. The number of aliphatic carboxylic acids is 1. The van der Waals surface area contributed by atoms with E-state index in [0.29, 0.717) is 46.9 Å². The standard InChI is InChI=1S/C23H20N6O5S.C2H4O2/c1-12-8-16(28-9-13(10-28)21(31)26-15-4-3-5-17(25-15)34-2)27-20-18(12)19(30)14(22(32)33)11-29(20)23-24-6-7-35-23;1-2(3)4/h3-8,11,13H,9-10H2,1-2H3,(H,32,33)(H,25,26,31);1H3,(H,3,4). The molecular weight excluding hydrogens is 528 g/mol. The molecule has 5 rings (SSSR count). The van der Waals surface area contributed by atoms with E-state index in [9.17, 15) is 19.5 Å². The zero-order valence-electron chi connectivity index (χ0n) is 21.1. The second-order valence-corrected chi connectivity index (χ2v) is 9.41. The Morgan fingerprint density at radius 3 is 2.51 bits per heavy atom. The van der Waals surface area contributed by atoms with Gasteiger partial charge in [-0.2, -0.15) is 4.98 Å². The predicted octanol–water partition coefficient (Wildman–Crippen LogP) is 2.42. The number of methoxy groups -OCH3 is 1. The minimum absolute atomic E-state index is 0.162. The lowest BCUT2D eigenvalue weighted by Gasteiger charge is -2.39. The van der Waals surface area contributed by atoms with E-state index in [1.165, 1.54) is 29.2 Å². The van der Waals surface area contributed by atoms with Gasteiger partial charge in [-0.05, 0) is 24.6 Å². The van der Waals surface area contributed by atoms with Crippen molar-refractivity contribution in [1.82, 2.24) is 19.5 Å². The predicted molar refractivity (Wildman–Crippen MR) is 143 cm³/mol. The van der Waals surface area contributed by atoms with Crippen molar-refractivity contribution in [2.45, 2.75) is 13.8 Å². The number of nitrogens with zero attached hydrogens (tertiary/aromatic N) is 5. The molecule has 1 aliphatic heterocycles. The zero-order valence-corrected chi connectivity index (χ0v) is 21.9. The van der Waals surface area contributed by atoms with Gasteiger partial charge in [0.1, 0.15) is 17.2 Å². The van der Waals surface area contributed by atoms with Crippen molar-refractivity contribution in [3.63, 3.8) is 0 Å². The Bertz CT molecular complexity index is 1610. The van der Waals surface area contributed by atoms with Crippen LogP contribution in [0.2, 0.25) is 0 Å². The van der Waals surface area contributed by atoms with E-state index in [1.807, 2.05) is 4.90 Å².